The summed E-state index contributed by atoms with van der Waals surface area (Å²) in [6.07, 6.45) is 0. The summed E-state index contributed by atoms with van der Waals surface area (Å²) in [5.41, 5.74) is 1.68. The molecule has 0 unspecified atom stereocenters. The van der Waals surface area contributed by atoms with E-state index in [2.05, 4.69) is 58.9 Å². The van der Waals surface area contributed by atoms with Gasteiger partial charge in [0.2, 0.25) is 0 Å². The summed E-state index contributed by atoms with van der Waals surface area (Å²) < 4.78 is 5.40. The molecule has 5 heteroatoms. The Morgan fingerprint density at radius 3 is 2.50 bits per heavy atom. The van der Waals surface area contributed by atoms with Crippen molar-refractivity contribution in [1.82, 2.24) is 9.88 Å². The van der Waals surface area contributed by atoms with E-state index in [-0.39, 0.29) is 6.61 Å². The maximum Gasteiger partial charge on any atom is 0.138 e. The second-order valence-corrected chi connectivity index (χ2v) is 7.32. The molecule has 4 rings (SSSR count). The first-order valence-electron chi connectivity index (χ1n) is 10.5. The molecule has 0 amide bonds. The molecule has 1 aliphatic heterocycles. The number of piperazine rings is 1. The largest absolute Gasteiger partial charge is 0.491 e. The molecule has 3 aromatic rings. The lowest BCUT2D eigenvalue weighted by atomic mass is 10.1. The monoisotopic (exact) mass is 401 g/mol. The molecule has 1 aromatic heterocycles. The van der Waals surface area contributed by atoms with E-state index in [1.165, 1.54) is 5.39 Å². The summed E-state index contributed by atoms with van der Waals surface area (Å²) >= 11 is 0. The molecule has 5 nitrogen and oxygen atoms in total. The first-order chi connectivity index (χ1) is 14.8. The predicted molar refractivity (Wildman–Crippen MR) is 121 cm³/mol. The van der Waals surface area contributed by atoms with Gasteiger partial charge < -0.3 is 19.6 Å². The molecule has 0 bridgehead atoms. The molecule has 2 heterocycles. The van der Waals surface area contributed by atoms with Gasteiger partial charge in [-0.1, -0.05) is 37.1 Å². The zero-order valence-electron chi connectivity index (χ0n) is 17.3. The smallest absolute Gasteiger partial charge is 0.138 e. The number of benzene rings is 2. The van der Waals surface area contributed by atoms with Gasteiger partial charge in [-0.05, 0) is 48.2 Å². The fourth-order valence-electron chi connectivity index (χ4n) is 3.70. The van der Waals surface area contributed by atoms with Crippen LogP contribution < -0.4 is 9.64 Å². The van der Waals surface area contributed by atoms with Crippen LogP contribution in [0.2, 0.25) is 0 Å². The van der Waals surface area contributed by atoms with Crippen molar-refractivity contribution < 1.29 is 9.84 Å². The van der Waals surface area contributed by atoms with Crippen LogP contribution in [-0.4, -0.2) is 60.9 Å². The Morgan fingerprint density at radius 1 is 1.00 bits per heavy atom. The van der Waals surface area contributed by atoms with Crippen LogP contribution in [0.3, 0.4) is 0 Å². The number of aliphatic hydroxyl groups is 1. The molecule has 2 aromatic carbocycles. The lowest BCUT2D eigenvalue weighted by molar-refractivity contribution is 0.201. The second kappa shape index (κ2) is 9.62. The van der Waals surface area contributed by atoms with Gasteiger partial charge in [0.05, 0.1) is 6.61 Å². The Kier molecular flexibility index (Phi) is 6.48. The van der Waals surface area contributed by atoms with E-state index in [0.717, 1.165) is 60.9 Å². The van der Waals surface area contributed by atoms with Gasteiger partial charge in [0.25, 0.3) is 0 Å². The Morgan fingerprint density at radius 2 is 1.77 bits per heavy atom. The van der Waals surface area contributed by atoms with Gasteiger partial charge in [-0.2, -0.15) is 0 Å². The van der Waals surface area contributed by atoms with Crippen LogP contribution in [0.25, 0.3) is 10.8 Å². The van der Waals surface area contributed by atoms with Crippen molar-refractivity contribution in [1.29, 1.82) is 0 Å². The van der Waals surface area contributed by atoms with E-state index in [1.807, 2.05) is 24.3 Å². The van der Waals surface area contributed by atoms with E-state index >= 15 is 0 Å². The highest BCUT2D eigenvalue weighted by Crippen LogP contribution is 2.26. The Bertz CT molecular complexity index is 1050. The van der Waals surface area contributed by atoms with Gasteiger partial charge >= 0.3 is 0 Å². The number of hydrogen-bond donors (Lipinski definition) is 1. The van der Waals surface area contributed by atoms with Crippen molar-refractivity contribution in [3.8, 4) is 17.6 Å². The third-order valence-corrected chi connectivity index (χ3v) is 5.39. The van der Waals surface area contributed by atoms with Crippen molar-refractivity contribution in [3.05, 3.63) is 65.9 Å². The van der Waals surface area contributed by atoms with Crippen molar-refractivity contribution in [2.75, 3.05) is 50.8 Å². The first kappa shape index (κ1) is 20.2. The number of ether oxygens (including phenoxy) is 1. The molecule has 30 heavy (non-hydrogen) atoms. The summed E-state index contributed by atoms with van der Waals surface area (Å²) in [6, 6.07) is 18.0. The molecule has 1 saturated heterocycles. The van der Waals surface area contributed by atoms with E-state index in [9.17, 15) is 0 Å². The highest BCUT2D eigenvalue weighted by atomic mass is 16.5. The number of likely N-dealkylation sites (N-methyl/N-ethyl adjacent to an activating group) is 1. The lowest BCUT2D eigenvalue weighted by Gasteiger charge is -2.35. The van der Waals surface area contributed by atoms with Gasteiger partial charge in [0, 0.05) is 37.1 Å². The van der Waals surface area contributed by atoms with Crippen LogP contribution in [0.1, 0.15) is 18.2 Å². The molecule has 1 fully saturated rings. The van der Waals surface area contributed by atoms with E-state index < -0.39 is 0 Å². The topological polar surface area (TPSA) is 48.8 Å². The highest BCUT2D eigenvalue weighted by molar-refractivity contribution is 5.93. The van der Waals surface area contributed by atoms with Crippen molar-refractivity contribution in [2.45, 2.75) is 6.92 Å². The lowest BCUT2D eigenvalue weighted by Crippen LogP contribution is -2.46. The number of aromatic nitrogens is 1. The fourth-order valence-corrected chi connectivity index (χ4v) is 3.70. The molecule has 0 aliphatic carbocycles. The third-order valence-electron chi connectivity index (χ3n) is 5.39. The molecule has 0 radical (unpaired) electrons. The van der Waals surface area contributed by atoms with E-state index in [1.54, 1.807) is 0 Å². The minimum atomic E-state index is 0.00498. The SMILES string of the molecule is CCN1CCN(c2nc(C#Cc3ccc(OCCO)cc3)cc3ccccc23)CC1. The van der Waals surface area contributed by atoms with Crippen LogP contribution in [0.15, 0.2) is 54.6 Å². The molecular formula is C25H27N3O2. The summed E-state index contributed by atoms with van der Waals surface area (Å²) in [5.74, 6) is 8.20. The van der Waals surface area contributed by atoms with Crippen molar-refractivity contribution >= 4 is 16.6 Å². The minimum absolute atomic E-state index is 0.00498. The standard InChI is InChI=1S/C25H27N3O2/c1-2-27-13-15-28(16-14-27)25-24-6-4-3-5-21(24)19-22(26-25)10-7-20-8-11-23(12-9-20)30-18-17-29/h3-6,8-9,11-12,19,29H,2,13-18H2,1H3. The Hall–Kier alpha value is -3.07. The fraction of sp³-hybridized carbons (Fsp3) is 0.320. The van der Waals surface area contributed by atoms with Crippen LogP contribution in [-0.2, 0) is 0 Å². The number of nitrogens with zero attached hydrogens (tertiary/aromatic N) is 3. The van der Waals surface area contributed by atoms with Crippen LogP contribution >= 0.6 is 0 Å². The van der Waals surface area contributed by atoms with Gasteiger partial charge in [-0.25, -0.2) is 4.98 Å². The summed E-state index contributed by atoms with van der Waals surface area (Å²) in [7, 11) is 0. The van der Waals surface area contributed by atoms with E-state index in [0.29, 0.717) is 6.61 Å². The molecule has 1 N–H and O–H groups in total. The maximum atomic E-state index is 8.85. The normalized spacial score (nSPS) is 14.4. The summed E-state index contributed by atoms with van der Waals surface area (Å²) in [4.78, 5) is 9.78. The predicted octanol–water partition coefficient (Wildman–Crippen LogP) is 3.15. The van der Waals surface area contributed by atoms with Crippen molar-refractivity contribution in [3.63, 3.8) is 0 Å². The zero-order chi connectivity index (χ0) is 20.8. The minimum Gasteiger partial charge on any atom is -0.491 e. The summed E-state index contributed by atoms with van der Waals surface area (Å²) in [6.45, 7) is 7.70. The number of anilines is 1. The average Bonchev–Trinajstić information content (AvgIpc) is 2.81. The molecular weight excluding hydrogens is 374 g/mol. The third kappa shape index (κ3) is 4.73. The van der Waals surface area contributed by atoms with Gasteiger partial charge in [0.1, 0.15) is 23.9 Å². The molecule has 0 atom stereocenters. The molecule has 154 valence electrons. The van der Waals surface area contributed by atoms with Gasteiger partial charge in [0.15, 0.2) is 0 Å². The van der Waals surface area contributed by atoms with E-state index in [4.69, 9.17) is 14.8 Å². The quantitative estimate of drug-likeness (QED) is 0.666. The second-order valence-electron chi connectivity index (χ2n) is 7.32. The number of fused-ring (bicyclic) bond motifs is 1. The summed E-state index contributed by atoms with van der Waals surface area (Å²) in [5, 5.41) is 11.2. The maximum absolute atomic E-state index is 8.85. The number of aliphatic hydroxyl groups excluding tert-OH is 1. The molecule has 0 spiro atoms. The first-order valence-corrected chi connectivity index (χ1v) is 10.5. The molecule has 0 saturated carbocycles. The number of rotatable bonds is 5. The van der Waals surface area contributed by atoms with Gasteiger partial charge in [-0.15, -0.1) is 0 Å². The Labute approximate surface area is 177 Å². The van der Waals surface area contributed by atoms with Gasteiger partial charge in [-0.3, -0.25) is 0 Å². The number of hydrogen-bond acceptors (Lipinski definition) is 5. The average molecular weight is 402 g/mol. The Balaban J connectivity index is 1.60. The van der Waals surface area contributed by atoms with Crippen molar-refractivity contribution in [2.24, 2.45) is 0 Å². The zero-order valence-corrected chi connectivity index (χ0v) is 17.3. The van der Waals surface area contributed by atoms with Crippen LogP contribution in [0, 0.1) is 11.8 Å². The molecule has 1 aliphatic rings. The number of pyridine rings is 1. The van der Waals surface area contributed by atoms with Crippen LogP contribution in [0.4, 0.5) is 5.82 Å². The highest BCUT2D eigenvalue weighted by Gasteiger charge is 2.19. The van der Waals surface area contributed by atoms with Crippen LogP contribution in [0.5, 0.6) is 5.75 Å².